The van der Waals surface area contributed by atoms with Crippen LogP contribution < -0.4 is 0 Å². The monoisotopic (exact) mass is 384 g/mol. The molecule has 0 aromatic heterocycles. The topological polar surface area (TPSA) is 149 Å². The van der Waals surface area contributed by atoms with E-state index in [0.29, 0.717) is 17.2 Å². The Morgan fingerprint density at radius 3 is 1.50 bits per heavy atom. The number of rotatable bonds is 0. The van der Waals surface area contributed by atoms with Crippen LogP contribution in [0.1, 0.15) is 0 Å². The molecule has 0 fully saturated rings. The van der Waals surface area contributed by atoms with Gasteiger partial charge in [-0.2, -0.15) is 0 Å². The first-order chi connectivity index (χ1) is 10.1. The van der Waals surface area contributed by atoms with Gasteiger partial charge in [-0.25, -0.2) is 19.2 Å². The minimum absolute atomic E-state index is 0.0197. The van der Waals surface area contributed by atoms with Crippen LogP contribution in [0, 0.1) is 0 Å². The van der Waals surface area contributed by atoms with Gasteiger partial charge in [0.2, 0.25) is 0 Å². The molecule has 0 spiro atoms. The number of carboxylic acid groups (broad SMARTS) is 4. The third-order valence-electron chi connectivity index (χ3n) is 3.42. The molecule has 2 aliphatic heterocycles. The van der Waals surface area contributed by atoms with Gasteiger partial charge in [0.05, 0.1) is 16.8 Å². The normalized spacial score (nSPS) is 26.5. The minimum atomic E-state index is -6.96. The number of thioether (sulfide) groups is 3. The molecule has 22 heavy (non-hydrogen) atoms. The highest BCUT2D eigenvalue weighted by Gasteiger charge is 2.90. The van der Waals surface area contributed by atoms with Gasteiger partial charge in [-0.1, -0.05) is 35.3 Å². The molecule has 2 aliphatic rings. The second-order valence-electron chi connectivity index (χ2n) is 4.15. The van der Waals surface area contributed by atoms with Gasteiger partial charge in [-0.05, 0) is 21.6 Å². The summed E-state index contributed by atoms with van der Waals surface area (Å²) < 4.78 is -0.661. The summed E-state index contributed by atoms with van der Waals surface area (Å²) in [4.78, 5) is 48.1. The van der Waals surface area contributed by atoms with Crippen LogP contribution in [0.15, 0.2) is 30.1 Å². The Bertz CT molecular complexity index is 665. The Kier molecular flexibility index (Phi) is 3.45. The molecule has 0 atom stereocenters. The quantitative estimate of drug-likeness (QED) is 0.453. The van der Waals surface area contributed by atoms with Gasteiger partial charge in [0.15, 0.2) is 0 Å². The van der Waals surface area contributed by atoms with E-state index in [0.717, 1.165) is 28.9 Å². The molecule has 2 rings (SSSR count). The fourth-order valence-corrected chi connectivity index (χ4v) is 11.9. The molecule has 4 N–H and O–H groups in total. The van der Waals surface area contributed by atoms with E-state index >= 15 is 0 Å². The molecule has 0 bridgehead atoms. The molecule has 0 aromatic carbocycles. The summed E-state index contributed by atoms with van der Waals surface area (Å²) in [6.45, 7) is 0. The zero-order chi connectivity index (χ0) is 16.8. The predicted octanol–water partition coefficient (Wildman–Crippen LogP) is 4.87. The van der Waals surface area contributed by atoms with Crippen LogP contribution >= 0.6 is 43.6 Å². The van der Waals surface area contributed by atoms with E-state index in [2.05, 4.69) is 0 Å². The highest BCUT2D eigenvalue weighted by molar-refractivity contribution is 9.04. The van der Waals surface area contributed by atoms with Crippen LogP contribution in [-0.2, 0) is 0 Å². The van der Waals surface area contributed by atoms with Gasteiger partial charge in [0, 0.05) is 0 Å². The van der Waals surface area contributed by atoms with E-state index < -0.39 is 33.7 Å². The van der Waals surface area contributed by atoms with E-state index in [4.69, 9.17) is 0 Å². The summed E-state index contributed by atoms with van der Waals surface area (Å²) in [6, 6.07) is 0. The van der Waals surface area contributed by atoms with E-state index in [1.165, 1.54) is 10.8 Å². The zero-order valence-corrected chi connectivity index (χ0v) is 13.6. The molecular formula is C10H8O8S4. The van der Waals surface area contributed by atoms with Crippen molar-refractivity contribution in [2.75, 3.05) is 0 Å². The standard InChI is InChI=1S/C10H8O8S4/c11-7(12)22(8(13)14,9(15)16,10(17)18)4-3-21-6(22)5-19-1-2-20-5/h1-4H,(H,11,12)(H,13,14)(H,15,16)(H,17,18). The van der Waals surface area contributed by atoms with Gasteiger partial charge in [-0.3, -0.25) is 0 Å². The molecule has 0 aliphatic carbocycles. The van der Waals surface area contributed by atoms with Crippen molar-refractivity contribution in [2.24, 2.45) is 0 Å². The summed E-state index contributed by atoms with van der Waals surface area (Å²) in [5, 5.41) is 33.3. The molecule has 2 heterocycles. The average Bonchev–Trinajstić information content (AvgIpc) is 3.05. The lowest BCUT2D eigenvalue weighted by Crippen LogP contribution is -2.56. The average molecular weight is 384 g/mol. The lowest BCUT2D eigenvalue weighted by molar-refractivity contribution is 0.202. The minimum Gasteiger partial charge on any atom is -0.474 e. The molecule has 0 amide bonds. The fourth-order valence-electron chi connectivity index (χ4n) is 1.98. The number of hydrogen-bond donors (Lipinski definition) is 4. The predicted molar refractivity (Wildman–Crippen MR) is 87.8 cm³/mol. The van der Waals surface area contributed by atoms with Gasteiger partial charge >= 0.3 is 21.2 Å². The summed E-state index contributed by atoms with van der Waals surface area (Å²) in [7, 11) is -6.96. The van der Waals surface area contributed by atoms with Crippen LogP contribution in [0.4, 0.5) is 19.2 Å². The Labute approximate surface area is 134 Å². The highest BCUT2D eigenvalue weighted by Crippen LogP contribution is 3.01. The maximum Gasteiger partial charge on any atom is 0.368 e. The number of carbonyl (C=O) groups is 4. The molecule has 0 radical (unpaired) electrons. The second kappa shape index (κ2) is 4.50. The van der Waals surface area contributed by atoms with Crippen LogP contribution in [0.25, 0.3) is 0 Å². The van der Waals surface area contributed by atoms with Crippen LogP contribution in [0.5, 0.6) is 0 Å². The van der Waals surface area contributed by atoms with Crippen molar-refractivity contribution in [1.82, 2.24) is 0 Å². The maximum absolute atomic E-state index is 12.0. The molecule has 0 aromatic rings. The van der Waals surface area contributed by atoms with Crippen molar-refractivity contribution in [3.05, 3.63) is 30.1 Å². The first-order valence-electron chi connectivity index (χ1n) is 5.20. The summed E-state index contributed by atoms with van der Waals surface area (Å²) in [5.41, 5.74) is 0. The largest absolute Gasteiger partial charge is 0.474 e. The Morgan fingerprint density at radius 2 is 1.14 bits per heavy atom. The Balaban J connectivity index is 3.21. The van der Waals surface area contributed by atoms with E-state index in [9.17, 15) is 39.6 Å². The van der Waals surface area contributed by atoms with E-state index in [1.54, 1.807) is 0 Å². The van der Waals surface area contributed by atoms with Gasteiger partial charge in [0.25, 0.3) is 0 Å². The van der Waals surface area contributed by atoms with Crippen molar-refractivity contribution in [3.8, 4) is 0 Å². The van der Waals surface area contributed by atoms with Crippen molar-refractivity contribution >= 4 is 64.8 Å². The molecule has 0 saturated carbocycles. The van der Waals surface area contributed by atoms with Crippen LogP contribution in [0.3, 0.4) is 0 Å². The van der Waals surface area contributed by atoms with E-state index in [1.807, 2.05) is 0 Å². The van der Waals surface area contributed by atoms with Crippen molar-refractivity contribution < 1.29 is 39.6 Å². The fraction of sp³-hybridized carbons (Fsp3) is 0. The van der Waals surface area contributed by atoms with Gasteiger partial charge < -0.3 is 20.4 Å². The summed E-state index contributed by atoms with van der Waals surface area (Å²) >= 11 is 2.28. The lowest BCUT2D eigenvalue weighted by Gasteiger charge is -2.58. The van der Waals surface area contributed by atoms with E-state index in [-0.39, 0.29) is 4.24 Å². The van der Waals surface area contributed by atoms with Crippen molar-refractivity contribution in [1.29, 1.82) is 0 Å². The second-order valence-corrected chi connectivity index (χ2v) is 12.7. The first kappa shape index (κ1) is 16.9. The SMILES string of the molecule is O=C(O)S1(C(=O)O)(C(=O)O)(C(=O)O)C=CSC1=C1SC=CS1. The first-order valence-corrected chi connectivity index (χ1v) is 10.4. The third kappa shape index (κ3) is 1.21. The molecule has 12 heteroatoms. The zero-order valence-electron chi connectivity index (χ0n) is 10.4. The lowest BCUT2D eigenvalue weighted by atomic mass is 11.2. The number of hydrogen-bond acceptors (Lipinski definition) is 7. The van der Waals surface area contributed by atoms with Gasteiger partial charge in [-0.15, -0.1) is 0 Å². The smallest absolute Gasteiger partial charge is 0.368 e. The van der Waals surface area contributed by atoms with Gasteiger partial charge in [0.1, 0.15) is 0 Å². The summed E-state index contributed by atoms with van der Waals surface area (Å²) in [6.07, 6.45) is 0. The van der Waals surface area contributed by atoms with Crippen LogP contribution in [0.2, 0.25) is 0 Å². The third-order valence-corrected chi connectivity index (χ3v) is 14.1. The highest BCUT2D eigenvalue weighted by atomic mass is 32.4. The Hall–Kier alpha value is -1.50. The molecule has 0 unspecified atom stereocenters. The Morgan fingerprint density at radius 1 is 0.727 bits per heavy atom. The summed E-state index contributed by atoms with van der Waals surface area (Å²) in [5.74, 6) is 0. The molecule has 0 saturated heterocycles. The molecule has 120 valence electrons. The van der Waals surface area contributed by atoms with Crippen molar-refractivity contribution in [2.45, 2.75) is 0 Å². The maximum atomic E-state index is 12.0. The molecular weight excluding hydrogens is 376 g/mol. The molecule has 8 nitrogen and oxygen atoms in total. The van der Waals surface area contributed by atoms with Crippen molar-refractivity contribution in [3.63, 3.8) is 0 Å². The van der Waals surface area contributed by atoms with Crippen LogP contribution in [-0.4, -0.2) is 41.6 Å².